The third-order valence-corrected chi connectivity index (χ3v) is 3.61. The number of nitrogens with zero attached hydrogens (tertiary/aromatic N) is 1. The van der Waals surface area contributed by atoms with E-state index in [9.17, 15) is 18.0 Å². The first kappa shape index (κ1) is 16.6. The molecule has 1 atom stereocenters. The summed E-state index contributed by atoms with van der Waals surface area (Å²) in [6, 6.07) is 3.23. The second-order valence-corrected chi connectivity index (χ2v) is 5.34. The van der Waals surface area contributed by atoms with Crippen LogP contribution in [0.25, 0.3) is 0 Å². The molecule has 2 rings (SSSR count). The summed E-state index contributed by atoms with van der Waals surface area (Å²) in [5.41, 5.74) is -2.90. The number of halogens is 4. The Hall–Kier alpha value is -1.73. The third kappa shape index (κ3) is 2.78. The summed E-state index contributed by atoms with van der Waals surface area (Å²) in [6.45, 7) is 2.36. The Morgan fingerprint density at radius 3 is 2.82 bits per heavy atom. The molecule has 0 saturated heterocycles. The number of amides is 2. The Morgan fingerprint density at radius 2 is 2.23 bits per heavy atom. The molecule has 0 radical (unpaired) electrons. The highest BCUT2D eigenvalue weighted by atomic mass is 35.5. The van der Waals surface area contributed by atoms with Gasteiger partial charge in [0.25, 0.3) is 0 Å². The van der Waals surface area contributed by atoms with Gasteiger partial charge in [-0.15, -0.1) is 6.58 Å². The number of hydrogen-bond donors (Lipinski definition) is 1. The monoisotopic (exact) mass is 334 g/mol. The molecular formula is C14H14ClF3N2O2. The predicted octanol–water partition coefficient (Wildman–Crippen LogP) is 3.78. The van der Waals surface area contributed by atoms with Crippen LogP contribution in [0.5, 0.6) is 0 Å². The number of fused-ring (bicyclic) bond motifs is 1. The van der Waals surface area contributed by atoms with Crippen molar-refractivity contribution in [3.05, 3.63) is 41.4 Å². The Bertz CT molecular complexity index is 606. The Balaban J connectivity index is 2.71. The molecule has 1 aromatic rings. The lowest BCUT2D eigenvalue weighted by molar-refractivity contribution is -0.283. The van der Waals surface area contributed by atoms with Crippen LogP contribution in [-0.2, 0) is 10.3 Å². The zero-order valence-electron chi connectivity index (χ0n) is 11.7. The quantitative estimate of drug-likeness (QED) is 0.855. The van der Waals surface area contributed by atoms with Gasteiger partial charge in [0.2, 0.25) is 5.60 Å². The molecule has 1 aliphatic rings. The first-order chi connectivity index (χ1) is 10.2. The molecule has 1 aliphatic heterocycles. The molecule has 0 spiro atoms. The topological polar surface area (TPSA) is 41.6 Å². The van der Waals surface area contributed by atoms with Gasteiger partial charge in [-0.1, -0.05) is 17.7 Å². The van der Waals surface area contributed by atoms with Gasteiger partial charge in [0.1, 0.15) is 0 Å². The van der Waals surface area contributed by atoms with Crippen LogP contribution >= 0.6 is 11.6 Å². The number of rotatable bonds is 3. The Morgan fingerprint density at radius 1 is 1.55 bits per heavy atom. The molecule has 120 valence electrons. The van der Waals surface area contributed by atoms with Gasteiger partial charge < -0.3 is 15.0 Å². The van der Waals surface area contributed by atoms with Gasteiger partial charge in [-0.3, -0.25) is 0 Å². The maximum Gasteiger partial charge on any atom is 0.423 e. The van der Waals surface area contributed by atoms with Gasteiger partial charge in [-0.05, 0) is 18.2 Å². The number of nitrogens with one attached hydrogen (secondary N) is 1. The van der Waals surface area contributed by atoms with E-state index in [4.69, 9.17) is 16.3 Å². The summed E-state index contributed by atoms with van der Waals surface area (Å²) in [6.07, 6.45) is -3.53. The number of carbonyl (C=O) groups excluding carboxylic acids is 1. The van der Waals surface area contributed by atoms with Gasteiger partial charge >= 0.3 is 12.2 Å². The molecule has 0 fully saturated rings. The van der Waals surface area contributed by atoms with E-state index in [0.717, 1.165) is 11.0 Å². The number of ether oxygens (including phenoxy) is 1. The molecule has 2 amide bonds. The number of anilines is 1. The number of hydrogen-bond acceptors (Lipinski definition) is 2. The lowest BCUT2D eigenvalue weighted by Crippen LogP contribution is -2.52. The van der Waals surface area contributed by atoms with Crippen LogP contribution < -0.4 is 5.32 Å². The molecule has 0 aromatic heterocycles. The van der Waals surface area contributed by atoms with Gasteiger partial charge in [-0.2, -0.15) is 13.2 Å². The van der Waals surface area contributed by atoms with Crippen LogP contribution in [0.3, 0.4) is 0 Å². The largest absolute Gasteiger partial charge is 0.423 e. The summed E-state index contributed by atoms with van der Waals surface area (Å²) >= 11 is 5.84. The normalized spacial score (nSPS) is 21.9. The fraction of sp³-hybridized carbons (Fsp3) is 0.357. The van der Waals surface area contributed by atoms with E-state index >= 15 is 0 Å². The fourth-order valence-electron chi connectivity index (χ4n) is 2.31. The number of alkyl halides is 3. The average Bonchev–Trinajstić information content (AvgIpc) is 2.53. The van der Waals surface area contributed by atoms with Crippen molar-refractivity contribution in [2.75, 3.05) is 25.5 Å². The molecule has 0 aliphatic carbocycles. The highest BCUT2D eigenvalue weighted by Crippen LogP contribution is 2.47. The summed E-state index contributed by atoms with van der Waals surface area (Å²) in [4.78, 5) is 12.8. The van der Waals surface area contributed by atoms with Gasteiger partial charge in [0.15, 0.2) is 0 Å². The van der Waals surface area contributed by atoms with Crippen molar-refractivity contribution in [1.82, 2.24) is 4.90 Å². The van der Waals surface area contributed by atoms with Crippen LogP contribution in [0, 0.1) is 0 Å². The van der Waals surface area contributed by atoms with E-state index in [1.54, 1.807) is 0 Å². The third-order valence-electron chi connectivity index (χ3n) is 3.37. The Labute approximate surface area is 130 Å². The molecule has 8 heteroatoms. The van der Waals surface area contributed by atoms with E-state index in [0.29, 0.717) is 0 Å². The van der Waals surface area contributed by atoms with E-state index in [-0.39, 0.29) is 22.9 Å². The molecular weight excluding hydrogens is 321 g/mol. The average molecular weight is 335 g/mol. The maximum absolute atomic E-state index is 13.8. The lowest BCUT2D eigenvalue weighted by Gasteiger charge is -2.37. The number of carbonyl (C=O) groups is 1. The second kappa shape index (κ2) is 5.81. The minimum Gasteiger partial charge on any atom is -0.355 e. The molecule has 1 heterocycles. The summed E-state index contributed by atoms with van der Waals surface area (Å²) in [7, 11) is 1.26. The fourth-order valence-corrected chi connectivity index (χ4v) is 2.48. The van der Waals surface area contributed by atoms with Crippen LogP contribution in [0.4, 0.5) is 23.7 Å². The molecule has 0 saturated carbocycles. The number of likely N-dealkylation sites (N-methyl/N-ethyl adjacent to an activating group) is 1. The van der Waals surface area contributed by atoms with Crippen molar-refractivity contribution in [2.24, 2.45) is 0 Å². The molecule has 1 N–H and O–H groups in total. The zero-order chi connectivity index (χ0) is 16.5. The van der Waals surface area contributed by atoms with Crippen molar-refractivity contribution < 1.29 is 22.7 Å². The van der Waals surface area contributed by atoms with Crippen LogP contribution in [0.15, 0.2) is 30.9 Å². The highest BCUT2D eigenvalue weighted by Gasteiger charge is 2.60. The Kier molecular flexibility index (Phi) is 4.39. The number of benzene rings is 1. The van der Waals surface area contributed by atoms with Crippen molar-refractivity contribution in [3.63, 3.8) is 0 Å². The molecule has 0 bridgehead atoms. The number of urea groups is 1. The lowest BCUT2D eigenvalue weighted by atomic mass is 9.91. The van der Waals surface area contributed by atoms with Crippen molar-refractivity contribution in [2.45, 2.75) is 11.8 Å². The summed E-state index contributed by atoms with van der Waals surface area (Å²) in [5, 5.41) is 2.54. The molecule has 22 heavy (non-hydrogen) atoms. The smallest absolute Gasteiger partial charge is 0.355 e. The van der Waals surface area contributed by atoms with Crippen LogP contribution in [0.2, 0.25) is 5.02 Å². The van der Waals surface area contributed by atoms with Crippen molar-refractivity contribution in [3.8, 4) is 0 Å². The van der Waals surface area contributed by atoms with Gasteiger partial charge in [0.05, 0.1) is 13.2 Å². The van der Waals surface area contributed by atoms with Crippen LogP contribution in [-0.4, -0.2) is 37.3 Å². The highest BCUT2D eigenvalue weighted by molar-refractivity contribution is 6.30. The van der Waals surface area contributed by atoms with E-state index < -0.39 is 24.4 Å². The minimum absolute atomic E-state index is 0.0140. The molecule has 1 unspecified atom stereocenters. The molecule has 4 nitrogen and oxygen atoms in total. The standard InChI is InChI=1S/C14H14ClF3N2O2/c1-3-6-22-13(14(16,17)18)8-20(2)12(21)19-11-5-4-9(15)7-10(11)13/h3-5,7H,1,6,8H2,2H3,(H,19,21). The molecule has 1 aromatic carbocycles. The zero-order valence-corrected chi connectivity index (χ0v) is 12.5. The van der Waals surface area contributed by atoms with E-state index in [2.05, 4.69) is 11.9 Å². The van der Waals surface area contributed by atoms with Gasteiger partial charge in [0, 0.05) is 23.3 Å². The summed E-state index contributed by atoms with van der Waals surface area (Å²) < 4.78 is 46.7. The predicted molar refractivity (Wildman–Crippen MR) is 77.0 cm³/mol. The second-order valence-electron chi connectivity index (χ2n) is 4.90. The van der Waals surface area contributed by atoms with E-state index in [1.165, 1.54) is 25.3 Å². The maximum atomic E-state index is 13.8. The van der Waals surface area contributed by atoms with Crippen molar-refractivity contribution >= 4 is 23.3 Å². The van der Waals surface area contributed by atoms with Crippen LogP contribution in [0.1, 0.15) is 5.56 Å². The summed E-state index contributed by atoms with van der Waals surface area (Å²) in [5.74, 6) is 0. The first-order valence-corrected chi connectivity index (χ1v) is 6.73. The van der Waals surface area contributed by atoms with Gasteiger partial charge in [-0.25, -0.2) is 4.79 Å². The first-order valence-electron chi connectivity index (χ1n) is 6.35. The van der Waals surface area contributed by atoms with E-state index in [1.807, 2.05) is 0 Å². The van der Waals surface area contributed by atoms with Crippen molar-refractivity contribution in [1.29, 1.82) is 0 Å². The SMILES string of the molecule is C=CCOC1(C(F)(F)F)CN(C)C(=O)Nc2ccc(Cl)cc21. The minimum atomic E-state index is -4.75.